The van der Waals surface area contributed by atoms with Gasteiger partial charge >= 0.3 is 0 Å². The van der Waals surface area contributed by atoms with Crippen molar-refractivity contribution in [2.45, 2.75) is 81.9 Å². The van der Waals surface area contributed by atoms with E-state index in [-0.39, 0.29) is 5.60 Å². The zero-order chi connectivity index (χ0) is 12.6. The van der Waals surface area contributed by atoms with E-state index in [0.29, 0.717) is 30.9 Å². The summed E-state index contributed by atoms with van der Waals surface area (Å²) in [7, 11) is 0. The van der Waals surface area contributed by atoms with Crippen LogP contribution < -0.4 is 0 Å². The first-order valence-electron chi connectivity index (χ1n) is 7.19. The average Bonchev–Trinajstić information content (AvgIpc) is 3.23. The first kappa shape index (κ1) is 12.4. The number of ether oxygens (including phenoxy) is 3. The Kier molecular flexibility index (Phi) is 3.32. The van der Waals surface area contributed by atoms with Crippen LogP contribution in [0.2, 0.25) is 0 Å². The summed E-state index contributed by atoms with van der Waals surface area (Å²) in [5.41, 5.74) is -0.254. The summed E-state index contributed by atoms with van der Waals surface area (Å²) in [6, 6.07) is 0. The van der Waals surface area contributed by atoms with Gasteiger partial charge in [-0.25, -0.2) is 0 Å². The fourth-order valence-corrected chi connectivity index (χ4v) is 3.40. The minimum Gasteiger partial charge on any atom is -0.461 e. The second kappa shape index (κ2) is 4.82. The summed E-state index contributed by atoms with van der Waals surface area (Å²) in [5.74, 6) is 0. The third kappa shape index (κ3) is 2.54. The van der Waals surface area contributed by atoms with Crippen LogP contribution >= 0.6 is 0 Å². The highest BCUT2D eigenvalue weighted by Gasteiger charge is 2.51. The van der Waals surface area contributed by atoms with Gasteiger partial charge in [0.15, 0.2) is 0 Å². The Hall–Kier alpha value is -0.610. The number of hydrogen-bond acceptors (Lipinski definition) is 4. The standard InChI is InChI=1S/C14H22O4/c1-2-10-11(17-10)4-3-6-14(16-9-15)7-5-12-13(8-14)18-12/h9-13H,2-8H2,1H3. The minimum atomic E-state index is -0.254. The molecule has 0 bridgehead atoms. The highest BCUT2D eigenvalue weighted by atomic mass is 16.6. The van der Waals surface area contributed by atoms with Gasteiger partial charge in [-0.3, -0.25) is 4.79 Å². The van der Waals surface area contributed by atoms with E-state index in [2.05, 4.69) is 6.92 Å². The number of hydrogen-bond donors (Lipinski definition) is 0. The molecule has 102 valence electrons. The van der Waals surface area contributed by atoms with Crippen molar-refractivity contribution in [1.82, 2.24) is 0 Å². The molecule has 3 aliphatic rings. The molecule has 3 rings (SSSR count). The Morgan fingerprint density at radius 3 is 2.89 bits per heavy atom. The number of fused-ring (bicyclic) bond motifs is 1. The smallest absolute Gasteiger partial charge is 0.293 e. The number of rotatable bonds is 7. The van der Waals surface area contributed by atoms with Gasteiger partial charge in [0.25, 0.3) is 6.47 Å². The minimum absolute atomic E-state index is 0.254. The molecule has 18 heavy (non-hydrogen) atoms. The van der Waals surface area contributed by atoms with Crippen LogP contribution in [0.4, 0.5) is 0 Å². The van der Waals surface area contributed by atoms with Crippen molar-refractivity contribution in [3.05, 3.63) is 0 Å². The van der Waals surface area contributed by atoms with Gasteiger partial charge in [0.05, 0.1) is 24.4 Å². The van der Waals surface area contributed by atoms with Crippen LogP contribution in [0.25, 0.3) is 0 Å². The Bertz CT molecular complexity index is 319. The lowest BCUT2D eigenvalue weighted by molar-refractivity contribution is -0.147. The number of epoxide rings is 2. The van der Waals surface area contributed by atoms with Crippen LogP contribution in [0.3, 0.4) is 0 Å². The van der Waals surface area contributed by atoms with Gasteiger partial charge in [-0.05, 0) is 38.5 Å². The fraction of sp³-hybridized carbons (Fsp3) is 0.929. The summed E-state index contributed by atoms with van der Waals surface area (Å²) in [6.45, 7) is 2.78. The molecular weight excluding hydrogens is 232 g/mol. The predicted octanol–water partition coefficient (Wildman–Crippen LogP) is 2.20. The normalized spacial score (nSPS) is 45.2. The third-order valence-corrected chi connectivity index (χ3v) is 4.65. The van der Waals surface area contributed by atoms with Crippen molar-refractivity contribution in [3.63, 3.8) is 0 Å². The van der Waals surface area contributed by atoms with E-state index < -0.39 is 0 Å². The second-order valence-corrected chi connectivity index (χ2v) is 5.87. The molecule has 3 fully saturated rings. The van der Waals surface area contributed by atoms with Crippen molar-refractivity contribution >= 4 is 6.47 Å². The zero-order valence-electron chi connectivity index (χ0n) is 11.0. The molecule has 4 nitrogen and oxygen atoms in total. The molecule has 0 radical (unpaired) electrons. The molecule has 0 aromatic rings. The SMILES string of the molecule is CCC1OC1CCCC1(OC=O)CCC2OC2C1. The molecule has 1 saturated carbocycles. The van der Waals surface area contributed by atoms with Crippen molar-refractivity contribution < 1.29 is 19.0 Å². The van der Waals surface area contributed by atoms with Gasteiger partial charge in [-0.1, -0.05) is 6.92 Å². The molecule has 0 spiro atoms. The van der Waals surface area contributed by atoms with Crippen LogP contribution in [0.5, 0.6) is 0 Å². The van der Waals surface area contributed by atoms with Crippen LogP contribution in [0, 0.1) is 0 Å². The van der Waals surface area contributed by atoms with Gasteiger partial charge in [0, 0.05) is 6.42 Å². The maximum Gasteiger partial charge on any atom is 0.293 e. The van der Waals surface area contributed by atoms with E-state index in [4.69, 9.17) is 14.2 Å². The largest absolute Gasteiger partial charge is 0.461 e. The highest BCUT2D eigenvalue weighted by molar-refractivity contribution is 5.38. The van der Waals surface area contributed by atoms with Gasteiger partial charge in [-0.2, -0.15) is 0 Å². The maximum absolute atomic E-state index is 10.7. The molecule has 0 amide bonds. The molecule has 0 N–H and O–H groups in total. The average molecular weight is 254 g/mol. The fourth-order valence-electron chi connectivity index (χ4n) is 3.40. The molecule has 5 atom stereocenters. The van der Waals surface area contributed by atoms with Crippen LogP contribution in [0.15, 0.2) is 0 Å². The summed E-state index contributed by atoms with van der Waals surface area (Å²) in [6.07, 6.45) is 8.85. The van der Waals surface area contributed by atoms with E-state index in [0.717, 1.165) is 44.9 Å². The van der Waals surface area contributed by atoms with Crippen LogP contribution in [-0.4, -0.2) is 36.5 Å². The lowest BCUT2D eigenvalue weighted by Gasteiger charge is -2.33. The van der Waals surface area contributed by atoms with E-state index >= 15 is 0 Å². The third-order valence-electron chi connectivity index (χ3n) is 4.65. The number of carbonyl (C=O) groups is 1. The van der Waals surface area contributed by atoms with E-state index in [1.54, 1.807) is 0 Å². The van der Waals surface area contributed by atoms with Crippen LogP contribution in [0.1, 0.15) is 51.9 Å². The molecule has 4 heteroatoms. The first-order chi connectivity index (χ1) is 8.76. The van der Waals surface area contributed by atoms with Crippen molar-refractivity contribution in [2.75, 3.05) is 0 Å². The second-order valence-electron chi connectivity index (χ2n) is 5.87. The van der Waals surface area contributed by atoms with Crippen LogP contribution in [-0.2, 0) is 19.0 Å². The summed E-state index contributed by atoms with van der Waals surface area (Å²) in [5, 5.41) is 0. The lowest BCUT2D eigenvalue weighted by atomic mass is 9.81. The molecule has 2 aliphatic heterocycles. The Morgan fingerprint density at radius 1 is 1.33 bits per heavy atom. The Morgan fingerprint density at radius 2 is 2.22 bits per heavy atom. The first-order valence-corrected chi connectivity index (χ1v) is 7.19. The topological polar surface area (TPSA) is 51.4 Å². The summed E-state index contributed by atoms with van der Waals surface area (Å²) in [4.78, 5) is 10.7. The number of carbonyl (C=O) groups excluding carboxylic acids is 1. The molecule has 2 heterocycles. The molecule has 2 saturated heterocycles. The van der Waals surface area contributed by atoms with Gasteiger partial charge in [0.1, 0.15) is 5.60 Å². The van der Waals surface area contributed by atoms with Gasteiger partial charge in [-0.15, -0.1) is 0 Å². The molecule has 5 unspecified atom stereocenters. The summed E-state index contributed by atoms with van der Waals surface area (Å²) >= 11 is 0. The molecular formula is C14H22O4. The zero-order valence-corrected chi connectivity index (χ0v) is 11.0. The van der Waals surface area contributed by atoms with Gasteiger partial charge < -0.3 is 14.2 Å². The van der Waals surface area contributed by atoms with E-state index in [9.17, 15) is 4.79 Å². The predicted molar refractivity (Wildman–Crippen MR) is 65.2 cm³/mol. The van der Waals surface area contributed by atoms with E-state index in [1.165, 1.54) is 0 Å². The Labute approximate surface area is 108 Å². The molecule has 1 aliphatic carbocycles. The maximum atomic E-state index is 10.7. The van der Waals surface area contributed by atoms with Crippen molar-refractivity contribution in [1.29, 1.82) is 0 Å². The van der Waals surface area contributed by atoms with Gasteiger partial charge in [0.2, 0.25) is 0 Å². The van der Waals surface area contributed by atoms with Crippen molar-refractivity contribution in [3.8, 4) is 0 Å². The quantitative estimate of drug-likeness (QED) is 0.516. The summed E-state index contributed by atoms with van der Waals surface area (Å²) < 4.78 is 16.5. The van der Waals surface area contributed by atoms with Crippen molar-refractivity contribution in [2.24, 2.45) is 0 Å². The molecule has 0 aromatic heterocycles. The molecule has 0 aromatic carbocycles. The van der Waals surface area contributed by atoms with E-state index in [1.807, 2.05) is 0 Å². The monoisotopic (exact) mass is 254 g/mol. The Balaban J connectivity index is 1.46. The lowest BCUT2D eigenvalue weighted by Crippen LogP contribution is -2.37. The highest BCUT2D eigenvalue weighted by Crippen LogP contribution is 2.45.